The summed E-state index contributed by atoms with van der Waals surface area (Å²) in [5.74, 6) is -0.0539. The number of alkyl halides is 1. The third-order valence-corrected chi connectivity index (χ3v) is 2.50. The summed E-state index contributed by atoms with van der Waals surface area (Å²) in [6.45, 7) is 7.26. The van der Waals surface area contributed by atoms with Gasteiger partial charge in [0.2, 0.25) is 0 Å². The Bertz CT molecular complexity index is 292. The van der Waals surface area contributed by atoms with Crippen LogP contribution in [0.1, 0.15) is 32.0 Å². The first-order chi connectivity index (χ1) is 5.94. The second kappa shape index (κ2) is 3.44. The Kier molecular flexibility index (Phi) is 2.69. The monoisotopic (exact) mass is 181 g/mol. The average Bonchev–Trinajstić information content (AvgIpc) is 2.04. The van der Waals surface area contributed by atoms with Crippen LogP contribution in [-0.4, -0.2) is 4.98 Å². The number of halogens is 1. The van der Waals surface area contributed by atoms with Gasteiger partial charge in [-0.05, 0) is 37.5 Å². The SMILES string of the molecule is Cc1ccnc(C(C)(F)C(C)C)c1. The number of hydrogen-bond donors (Lipinski definition) is 0. The predicted molar refractivity (Wildman–Crippen MR) is 52.3 cm³/mol. The highest BCUT2D eigenvalue weighted by molar-refractivity contribution is 5.19. The van der Waals surface area contributed by atoms with Crippen molar-refractivity contribution in [3.8, 4) is 0 Å². The van der Waals surface area contributed by atoms with Crippen LogP contribution in [0.2, 0.25) is 0 Å². The fourth-order valence-electron chi connectivity index (χ4n) is 1.10. The number of rotatable bonds is 2. The summed E-state index contributed by atoms with van der Waals surface area (Å²) < 4.78 is 14.1. The van der Waals surface area contributed by atoms with Crippen LogP contribution in [0, 0.1) is 12.8 Å². The van der Waals surface area contributed by atoms with E-state index in [1.807, 2.05) is 26.8 Å². The lowest BCUT2D eigenvalue weighted by Gasteiger charge is -2.24. The highest BCUT2D eigenvalue weighted by Gasteiger charge is 2.31. The van der Waals surface area contributed by atoms with Gasteiger partial charge in [-0.1, -0.05) is 13.8 Å². The first kappa shape index (κ1) is 10.2. The van der Waals surface area contributed by atoms with Gasteiger partial charge < -0.3 is 0 Å². The zero-order valence-corrected chi connectivity index (χ0v) is 8.63. The van der Waals surface area contributed by atoms with Gasteiger partial charge in [0, 0.05) is 6.20 Å². The molecule has 0 saturated heterocycles. The van der Waals surface area contributed by atoms with E-state index in [0.717, 1.165) is 5.56 Å². The molecular formula is C11H16FN. The first-order valence-corrected chi connectivity index (χ1v) is 4.56. The van der Waals surface area contributed by atoms with E-state index in [4.69, 9.17) is 0 Å². The van der Waals surface area contributed by atoms with Crippen molar-refractivity contribution in [2.24, 2.45) is 5.92 Å². The smallest absolute Gasteiger partial charge is 0.152 e. The van der Waals surface area contributed by atoms with E-state index in [-0.39, 0.29) is 5.92 Å². The minimum atomic E-state index is -1.33. The molecule has 1 atom stereocenters. The number of pyridine rings is 1. The molecule has 0 amide bonds. The third kappa shape index (κ3) is 2.06. The van der Waals surface area contributed by atoms with Gasteiger partial charge in [-0.15, -0.1) is 0 Å². The molecule has 1 aromatic heterocycles. The molecular weight excluding hydrogens is 165 g/mol. The standard InChI is InChI=1S/C11H16FN/c1-8(2)11(4,12)10-7-9(3)5-6-13-10/h5-8H,1-4H3. The molecule has 0 spiro atoms. The Hall–Kier alpha value is -0.920. The summed E-state index contributed by atoms with van der Waals surface area (Å²) in [4.78, 5) is 4.06. The maximum atomic E-state index is 14.1. The van der Waals surface area contributed by atoms with Crippen LogP contribution in [0.25, 0.3) is 0 Å². The van der Waals surface area contributed by atoms with Crippen LogP contribution in [0.5, 0.6) is 0 Å². The van der Waals surface area contributed by atoms with Gasteiger partial charge in [-0.2, -0.15) is 0 Å². The largest absolute Gasteiger partial charge is 0.258 e. The van der Waals surface area contributed by atoms with Gasteiger partial charge in [0.1, 0.15) is 0 Å². The summed E-state index contributed by atoms with van der Waals surface area (Å²) in [5.41, 5.74) is 0.253. The van der Waals surface area contributed by atoms with E-state index in [0.29, 0.717) is 5.69 Å². The Morgan fingerprint density at radius 1 is 1.46 bits per heavy atom. The molecule has 1 unspecified atom stereocenters. The van der Waals surface area contributed by atoms with Gasteiger partial charge in [-0.3, -0.25) is 4.98 Å². The van der Waals surface area contributed by atoms with E-state index >= 15 is 0 Å². The molecule has 72 valence electrons. The van der Waals surface area contributed by atoms with Crippen molar-refractivity contribution < 1.29 is 4.39 Å². The topological polar surface area (TPSA) is 12.9 Å². The zero-order chi connectivity index (χ0) is 10.1. The van der Waals surface area contributed by atoms with E-state index in [2.05, 4.69) is 4.98 Å². The molecule has 2 heteroatoms. The summed E-state index contributed by atoms with van der Waals surface area (Å²) >= 11 is 0. The second-order valence-corrected chi connectivity index (χ2v) is 3.95. The van der Waals surface area contributed by atoms with Gasteiger partial charge >= 0.3 is 0 Å². The van der Waals surface area contributed by atoms with Crippen LogP contribution >= 0.6 is 0 Å². The maximum Gasteiger partial charge on any atom is 0.152 e. The normalized spacial score (nSPS) is 15.8. The molecule has 0 aliphatic carbocycles. The van der Waals surface area contributed by atoms with Crippen molar-refractivity contribution >= 4 is 0 Å². The lowest BCUT2D eigenvalue weighted by Crippen LogP contribution is -2.24. The molecule has 0 N–H and O–H groups in total. The lowest BCUT2D eigenvalue weighted by atomic mass is 9.90. The number of nitrogens with zero attached hydrogens (tertiary/aromatic N) is 1. The molecule has 0 aliphatic heterocycles. The molecule has 0 radical (unpaired) electrons. The summed E-state index contributed by atoms with van der Waals surface area (Å²) in [7, 11) is 0. The predicted octanol–water partition coefficient (Wildman–Crippen LogP) is 3.23. The maximum absolute atomic E-state index is 14.1. The van der Waals surface area contributed by atoms with Gasteiger partial charge in [0.25, 0.3) is 0 Å². The summed E-state index contributed by atoms with van der Waals surface area (Å²) in [5, 5.41) is 0. The number of aromatic nitrogens is 1. The molecule has 0 saturated carbocycles. The van der Waals surface area contributed by atoms with Gasteiger partial charge in [-0.25, -0.2) is 4.39 Å². The van der Waals surface area contributed by atoms with Crippen molar-refractivity contribution in [3.05, 3.63) is 29.6 Å². The fourth-order valence-corrected chi connectivity index (χ4v) is 1.10. The van der Waals surface area contributed by atoms with Crippen LogP contribution in [-0.2, 0) is 5.67 Å². The van der Waals surface area contributed by atoms with Crippen molar-refractivity contribution in [1.82, 2.24) is 4.98 Å². The molecule has 0 fully saturated rings. The van der Waals surface area contributed by atoms with Gasteiger partial charge in [0.05, 0.1) is 5.69 Å². The van der Waals surface area contributed by atoms with Crippen LogP contribution in [0.3, 0.4) is 0 Å². The quantitative estimate of drug-likeness (QED) is 0.682. The zero-order valence-electron chi connectivity index (χ0n) is 8.63. The molecule has 1 heterocycles. The third-order valence-electron chi connectivity index (χ3n) is 2.50. The van der Waals surface area contributed by atoms with E-state index in [1.54, 1.807) is 19.2 Å². The van der Waals surface area contributed by atoms with Crippen LogP contribution in [0.15, 0.2) is 18.3 Å². The molecule has 1 rings (SSSR count). The minimum Gasteiger partial charge on any atom is -0.258 e. The van der Waals surface area contributed by atoms with Crippen molar-refractivity contribution in [3.63, 3.8) is 0 Å². The highest BCUT2D eigenvalue weighted by Crippen LogP contribution is 2.31. The first-order valence-electron chi connectivity index (χ1n) is 4.56. The second-order valence-electron chi connectivity index (χ2n) is 3.95. The van der Waals surface area contributed by atoms with E-state index in [1.165, 1.54) is 0 Å². The molecule has 1 aromatic rings. The molecule has 0 bridgehead atoms. The van der Waals surface area contributed by atoms with Gasteiger partial charge in [0.15, 0.2) is 5.67 Å². The summed E-state index contributed by atoms with van der Waals surface area (Å²) in [6, 6.07) is 3.68. The van der Waals surface area contributed by atoms with Crippen LogP contribution in [0.4, 0.5) is 4.39 Å². The molecule has 13 heavy (non-hydrogen) atoms. The van der Waals surface area contributed by atoms with E-state index in [9.17, 15) is 4.39 Å². The Morgan fingerprint density at radius 2 is 2.08 bits per heavy atom. The average molecular weight is 181 g/mol. The Morgan fingerprint density at radius 3 is 2.54 bits per heavy atom. The molecule has 0 aliphatic rings. The van der Waals surface area contributed by atoms with Crippen LogP contribution < -0.4 is 0 Å². The molecule has 0 aromatic carbocycles. The highest BCUT2D eigenvalue weighted by atomic mass is 19.1. The minimum absolute atomic E-state index is 0.0539. The van der Waals surface area contributed by atoms with E-state index < -0.39 is 5.67 Å². The lowest BCUT2D eigenvalue weighted by molar-refractivity contribution is 0.117. The van der Waals surface area contributed by atoms with Crippen molar-refractivity contribution in [2.75, 3.05) is 0 Å². The number of aryl methyl sites for hydroxylation is 1. The molecule has 1 nitrogen and oxygen atoms in total. The summed E-state index contributed by atoms with van der Waals surface area (Å²) in [6.07, 6.45) is 1.66. The Labute approximate surface area is 79.0 Å². The Balaban J connectivity index is 3.07. The number of hydrogen-bond acceptors (Lipinski definition) is 1. The fraction of sp³-hybridized carbons (Fsp3) is 0.545. The van der Waals surface area contributed by atoms with Crippen molar-refractivity contribution in [2.45, 2.75) is 33.4 Å². The van der Waals surface area contributed by atoms with Crippen molar-refractivity contribution in [1.29, 1.82) is 0 Å².